The molecule has 150 valence electrons. The Bertz CT molecular complexity index is 996. The molecule has 0 bridgehead atoms. The molecule has 2 rings (SSSR count). The molecule has 0 amide bonds. The molecule has 0 unspecified atom stereocenters. The van der Waals surface area contributed by atoms with Crippen molar-refractivity contribution in [1.82, 2.24) is 9.55 Å². The molecule has 0 aliphatic carbocycles. The number of nitrogens with zero attached hydrogens (tertiary/aromatic N) is 2. The molecule has 1 heterocycles. The smallest absolute Gasteiger partial charge is 0.329 e. The van der Waals surface area contributed by atoms with Gasteiger partial charge in [-0.15, -0.1) is 0 Å². The van der Waals surface area contributed by atoms with Crippen LogP contribution in [0.15, 0.2) is 50.6 Å². The minimum Gasteiger partial charge on any atom is -0.359 e. The standard InChI is InChI=1S/C22H30N4O2/c1-6-10-18(24-19-12-9-8-11-15(19)3)14-16(4)23-20-17(5)21(27)25-22(28)26(20)13-7-2/h8-12,24H,6-7,13-14H2,1-5H3,(H,25,27,28)/b18-10+,23-16+. The zero-order valence-electron chi connectivity index (χ0n) is 17.4. The second-order valence-electron chi connectivity index (χ2n) is 6.96. The Balaban J connectivity index is 2.37. The summed E-state index contributed by atoms with van der Waals surface area (Å²) in [6.07, 6.45) is 4.42. The van der Waals surface area contributed by atoms with Crippen LogP contribution in [0.3, 0.4) is 0 Å². The largest absolute Gasteiger partial charge is 0.359 e. The lowest BCUT2D eigenvalue weighted by Gasteiger charge is -2.15. The summed E-state index contributed by atoms with van der Waals surface area (Å²) < 4.78 is 1.54. The van der Waals surface area contributed by atoms with Crippen LogP contribution in [0.4, 0.5) is 11.5 Å². The van der Waals surface area contributed by atoms with E-state index in [2.05, 4.69) is 41.3 Å². The lowest BCUT2D eigenvalue weighted by Crippen LogP contribution is -2.31. The summed E-state index contributed by atoms with van der Waals surface area (Å²) in [6.45, 7) is 10.3. The van der Waals surface area contributed by atoms with Crippen molar-refractivity contribution in [3.8, 4) is 0 Å². The van der Waals surface area contributed by atoms with E-state index < -0.39 is 5.69 Å². The maximum atomic E-state index is 12.2. The van der Waals surface area contributed by atoms with Crippen molar-refractivity contribution in [3.05, 3.63) is 68.0 Å². The van der Waals surface area contributed by atoms with Gasteiger partial charge >= 0.3 is 5.69 Å². The average molecular weight is 383 g/mol. The molecule has 1 aromatic heterocycles. The molecule has 1 aromatic carbocycles. The number of aryl methyl sites for hydroxylation is 1. The minimum atomic E-state index is -0.411. The van der Waals surface area contributed by atoms with Crippen molar-refractivity contribution in [2.45, 2.75) is 60.4 Å². The summed E-state index contributed by atoms with van der Waals surface area (Å²) in [7, 11) is 0. The molecular formula is C22H30N4O2. The Morgan fingerprint density at radius 1 is 1.21 bits per heavy atom. The normalized spacial score (nSPS) is 12.3. The molecule has 0 spiro atoms. The molecule has 0 aliphatic heterocycles. The van der Waals surface area contributed by atoms with Crippen molar-refractivity contribution in [3.63, 3.8) is 0 Å². The third kappa shape index (κ3) is 5.31. The average Bonchev–Trinajstić information content (AvgIpc) is 2.64. The van der Waals surface area contributed by atoms with Crippen LogP contribution in [0.5, 0.6) is 0 Å². The van der Waals surface area contributed by atoms with E-state index >= 15 is 0 Å². The first kappa shape index (κ1) is 21.4. The number of allylic oxidation sites excluding steroid dienone is 2. The van der Waals surface area contributed by atoms with Gasteiger partial charge in [-0.1, -0.05) is 38.1 Å². The van der Waals surface area contributed by atoms with E-state index in [1.807, 2.05) is 32.0 Å². The van der Waals surface area contributed by atoms with Crippen molar-refractivity contribution >= 4 is 17.2 Å². The van der Waals surface area contributed by atoms with Crippen LogP contribution in [-0.2, 0) is 6.54 Å². The molecule has 6 nitrogen and oxygen atoms in total. The predicted octanol–water partition coefficient (Wildman–Crippen LogP) is 4.45. The van der Waals surface area contributed by atoms with Crippen LogP contribution in [-0.4, -0.2) is 15.3 Å². The molecule has 28 heavy (non-hydrogen) atoms. The molecular weight excluding hydrogens is 352 g/mol. The number of aliphatic imine (C=N–C) groups is 1. The topological polar surface area (TPSA) is 79.2 Å². The van der Waals surface area contributed by atoms with E-state index in [1.165, 1.54) is 10.1 Å². The highest BCUT2D eigenvalue weighted by Gasteiger charge is 2.11. The number of aromatic nitrogens is 2. The molecule has 0 saturated carbocycles. The SMILES string of the molecule is CC/C=C(\C/C(C)=N/c1c(C)c(=O)[nH]c(=O)n1CCC)Nc1ccccc1C. The maximum absolute atomic E-state index is 12.2. The van der Waals surface area contributed by atoms with Gasteiger partial charge in [-0.05, 0) is 45.2 Å². The number of anilines is 1. The van der Waals surface area contributed by atoms with Gasteiger partial charge < -0.3 is 5.32 Å². The number of H-pyrrole nitrogens is 1. The third-order valence-electron chi connectivity index (χ3n) is 4.48. The Kier molecular flexibility index (Phi) is 7.55. The Morgan fingerprint density at radius 2 is 1.93 bits per heavy atom. The highest BCUT2D eigenvalue weighted by molar-refractivity contribution is 5.87. The van der Waals surface area contributed by atoms with Crippen molar-refractivity contribution in [1.29, 1.82) is 0 Å². The van der Waals surface area contributed by atoms with E-state index in [1.54, 1.807) is 6.92 Å². The third-order valence-corrected chi connectivity index (χ3v) is 4.48. The van der Waals surface area contributed by atoms with Crippen LogP contribution in [0.2, 0.25) is 0 Å². The molecule has 0 atom stereocenters. The molecule has 2 aromatic rings. The van der Waals surface area contributed by atoms with Gasteiger partial charge in [0.1, 0.15) is 5.82 Å². The second-order valence-corrected chi connectivity index (χ2v) is 6.96. The summed E-state index contributed by atoms with van der Waals surface area (Å²) in [6, 6.07) is 8.13. The summed E-state index contributed by atoms with van der Waals surface area (Å²) in [4.78, 5) is 31.3. The number of nitrogens with one attached hydrogen (secondary N) is 2. The van der Waals surface area contributed by atoms with Crippen LogP contribution in [0.25, 0.3) is 0 Å². The summed E-state index contributed by atoms with van der Waals surface area (Å²) >= 11 is 0. The van der Waals surface area contributed by atoms with Crippen LogP contribution in [0, 0.1) is 13.8 Å². The van der Waals surface area contributed by atoms with Gasteiger partial charge in [-0.3, -0.25) is 14.3 Å². The number of hydrogen-bond donors (Lipinski definition) is 2. The monoisotopic (exact) mass is 382 g/mol. The van der Waals surface area contributed by atoms with Gasteiger partial charge in [0, 0.05) is 30.1 Å². The van der Waals surface area contributed by atoms with Crippen molar-refractivity contribution in [2.24, 2.45) is 4.99 Å². The Morgan fingerprint density at radius 3 is 2.57 bits per heavy atom. The lowest BCUT2D eigenvalue weighted by molar-refractivity contribution is 0.632. The zero-order valence-corrected chi connectivity index (χ0v) is 17.4. The fourth-order valence-electron chi connectivity index (χ4n) is 3.03. The number of benzene rings is 1. The first-order chi connectivity index (χ1) is 13.4. The Labute approximate surface area is 166 Å². The Hall–Kier alpha value is -2.89. The van der Waals surface area contributed by atoms with E-state index in [0.29, 0.717) is 24.3 Å². The van der Waals surface area contributed by atoms with E-state index in [9.17, 15) is 9.59 Å². The second kappa shape index (κ2) is 9.88. The first-order valence-corrected chi connectivity index (χ1v) is 9.76. The van der Waals surface area contributed by atoms with Crippen LogP contribution >= 0.6 is 0 Å². The number of rotatable bonds is 8. The molecule has 2 N–H and O–H groups in total. The van der Waals surface area contributed by atoms with Gasteiger partial charge in [0.05, 0.1) is 5.56 Å². The van der Waals surface area contributed by atoms with E-state index in [4.69, 9.17) is 0 Å². The minimum absolute atomic E-state index is 0.383. The summed E-state index contributed by atoms with van der Waals surface area (Å²) in [5, 5.41) is 3.49. The molecule has 0 radical (unpaired) electrons. The fraction of sp³-hybridized carbons (Fsp3) is 0.409. The molecule has 0 fully saturated rings. The first-order valence-electron chi connectivity index (χ1n) is 9.76. The highest BCUT2D eigenvalue weighted by Crippen LogP contribution is 2.19. The number of aromatic amines is 1. The quantitative estimate of drug-likeness (QED) is 0.662. The van der Waals surface area contributed by atoms with Crippen molar-refractivity contribution in [2.75, 3.05) is 5.32 Å². The van der Waals surface area contributed by atoms with Crippen molar-refractivity contribution < 1.29 is 0 Å². The fourth-order valence-corrected chi connectivity index (χ4v) is 3.03. The molecule has 0 saturated heterocycles. The molecule has 6 heteroatoms. The van der Waals surface area contributed by atoms with E-state index in [-0.39, 0.29) is 5.56 Å². The van der Waals surface area contributed by atoms with Gasteiger partial charge in [-0.2, -0.15) is 0 Å². The zero-order chi connectivity index (χ0) is 20.7. The summed E-state index contributed by atoms with van der Waals surface area (Å²) in [5.41, 5.74) is 3.77. The van der Waals surface area contributed by atoms with Crippen LogP contribution in [0.1, 0.15) is 51.2 Å². The number of hydrogen-bond acceptors (Lipinski definition) is 4. The van der Waals surface area contributed by atoms with Gasteiger partial charge in [0.25, 0.3) is 5.56 Å². The van der Waals surface area contributed by atoms with Crippen LogP contribution < -0.4 is 16.6 Å². The number of para-hydroxylation sites is 1. The predicted molar refractivity (Wildman–Crippen MR) is 117 cm³/mol. The summed E-state index contributed by atoms with van der Waals surface area (Å²) in [5.74, 6) is 0.444. The van der Waals surface area contributed by atoms with Gasteiger partial charge in [-0.25, -0.2) is 9.79 Å². The highest BCUT2D eigenvalue weighted by atomic mass is 16.2. The maximum Gasteiger partial charge on any atom is 0.329 e. The van der Waals surface area contributed by atoms with E-state index in [0.717, 1.165) is 29.9 Å². The van der Waals surface area contributed by atoms with Gasteiger partial charge in [0.15, 0.2) is 0 Å². The lowest BCUT2D eigenvalue weighted by atomic mass is 10.1. The van der Waals surface area contributed by atoms with Gasteiger partial charge in [0.2, 0.25) is 0 Å². The molecule has 0 aliphatic rings.